The highest BCUT2D eigenvalue weighted by molar-refractivity contribution is 6.35. The first-order chi connectivity index (χ1) is 14.3. The summed E-state index contributed by atoms with van der Waals surface area (Å²) in [7, 11) is 0. The van der Waals surface area contributed by atoms with E-state index in [1.807, 2.05) is 0 Å². The Balaban J connectivity index is 1.58. The molecule has 1 aliphatic carbocycles. The van der Waals surface area contributed by atoms with E-state index in [9.17, 15) is 9.59 Å². The van der Waals surface area contributed by atoms with Gasteiger partial charge in [-0.05, 0) is 49.2 Å². The van der Waals surface area contributed by atoms with Crippen molar-refractivity contribution in [3.05, 3.63) is 56.5 Å². The second-order valence-electron chi connectivity index (χ2n) is 7.01. The molecule has 2 atom stereocenters. The van der Waals surface area contributed by atoms with Gasteiger partial charge in [0.25, 0.3) is 0 Å². The van der Waals surface area contributed by atoms with Gasteiger partial charge >= 0.3 is 12.1 Å². The van der Waals surface area contributed by atoms with Crippen LogP contribution in [-0.4, -0.2) is 24.1 Å². The lowest BCUT2D eigenvalue weighted by Gasteiger charge is -2.32. The second-order valence-corrected chi connectivity index (χ2v) is 8.76. The molecular weight excluding hydrogens is 470 g/mol. The quantitative estimate of drug-likeness (QED) is 0.392. The Bertz CT molecular complexity index is 825. The van der Waals surface area contributed by atoms with E-state index in [4.69, 9.17) is 46.4 Å². The number of amides is 4. The van der Waals surface area contributed by atoms with Crippen molar-refractivity contribution >= 4 is 69.8 Å². The summed E-state index contributed by atoms with van der Waals surface area (Å²) in [5, 5.41) is 13.0. The molecule has 4 amide bonds. The van der Waals surface area contributed by atoms with Crippen LogP contribution < -0.4 is 21.3 Å². The van der Waals surface area contributed by atoms with Crippen molar-refractivity contribution in [1.29, 1.82) is 0 Å². The predicted octanol–water partition coefficient (Wildman–Crippen LogP) is 6.55. The van der Waals surface area contributed by atoms with Gasteiger partial charge in [0.05, 0.1) is 12.1 Å². The first kappa shape index (κ1) is 22.8. The first-order valence-corrected chi connectivity index (χ1v) is 10.9. The highest BCUT2D eigenvalue weighted by Gasteiger charge is 2.28. The second kappa shape index (κ2) is 10.4. The first-order valence-electron chi connectivity index (χ1n) is 9.36. The van der Waals surface area contributed by atoms with Gasteiger partial charge in [-0.1, -0.05) is 59.2 Å². The summed E-state index contributed by atoms with van der Waals surface area (Å²) < 4.78 is 0. The van der Waals surface area contributed by atoms with Crippen molar-refractivity contribution in [2.75, 3.05) is 10.6 Å². The van der Waals surface area contributed by atoms with Crippen LogP contribution in [-0.2, 0) is 0 Å². The topological polar surface area (TPSA) is 82.3 Å². The Morgan fingerprint density at radius 3 is 1.30 bits per heavy atom. The zero-order valence-electron chi connectivity index (χ0n) is 15.8. The van der Waals surface area contributed by atoms with Crippen molar-refractivity contribution in [3.63, 3.8) is 0 Å². The molecule has 1 aliphatic rings. The Kier molecular flexibility index (Phi) is 7.94. The number of rotatable bonds is 4. The Morgan fingerprint density at radius 1 is 0.633 bits per heavy atom. The summed E-state index contributed by atoms with van der Waals surface area (Å²) in [5.41, 5.74) is 0.974. The van der Waals surface area contributed by atoms with E-state index < -0.39 is 12.1 Å². The predicted molar refractivity (Wildman–Crippen MR) is 123 cm³/mol. The molecular formula is C20H20Cl4N4O2. The molecule has 2 aromatic rings. The van der Waals surface area contributed by atoms with Gasteiger partial charge < -0.3 is 21.3 Å². The lowest BCUT2D eigenvalue weighted by Crippen LogP contribution is -2.54. The fourth-order valence-electron chi connectivity index (χ4n) is 3.40. The highest BCUT2D eigenvalue weighted by Crippen LogP contribution is 2.24. The summed E-state index contributed by atoms with van der Waals surface area (Å²) in [6.45, 7) is 0. The summed E-state index contributed by atoms with van der Waals surface area (Å²) in [6, 6.07) is 8.35. The maximum Gasteiger partial charge on any atom is 0.319 e. The van der Waals surface area contributed by atoms with Gasteiger partial charge in [-0.3, -0.25) is 0 Å². The average Bonchev–Trinajstić information content (AvgIpc) is 2.61. The van der Waals surface area contributed by atoms with Crippen LogP contribution in [0.2, 0.25) is 20.1 Å². The molecule has 30 heavy (non-hydrogen) atoms. The summed E-state index contributed by atoms with van der Waals surface area (Å²) in [5.74, 6) is 0. The largest absolute Gasteiger partial charge is 0.333 e. The maximum absolute atomic E-state index is 12.4. The summed E-state index contributed by atoms with van der Waals surface area (Å²) in [6.07, 6.45) is 3.41. The number of halogens is 4. The molecule has 10 heteroatoms. The standard InChI is InChI=1S/C20H20Cl4N4O2/c21-11-5-12(22)8-15(7-11)25-19(29)27-17-3-1-2-4-18(17)28-20(30)26-16-9-13(23)6-14(24)10-16/h5-10,17-18H,1-4H2,(H2,25,27,29)(H2,26,28,30). The van der Waals surface area contributed by atoms with E-state index in [1.165, 1.54) is 0 Å². The number of urea groups is 2. The van der Waals surface area contributed by atoms with E-state index in [1.54, 1.807) is 36.4 Å². The van der Waals surface area contributed by atoms with Gasteiger partial charge in [0, 0.05) is 31.5 Å². The molecule has 0 aromatic heterocycles. The highest BCUT2D eigenvalue weighted by atomic mass is 35.5. The minimum atomic E-state index is -0.394. The van der Waals surface area contributed by atoms with E-state index in [-0.39, 0.29) is 12.1 Å². The monoisotopic (exact) mass is 488 g/mol. The molecule has 1 saturated carbocycles. The Morgan fingerprint density at radius 2 is 0.967 bits per heavy atom. The van der Waals surface area contributed by atoms with Crippen LogP contribution in [0.1, 0.15) is 25.7 Å². The average molecular weight is 490 g/mol. The molecule has 1 fully saturated rings. The summed E-state index contributed by atoms with van der Waals surface area (Å²) >= 11 is 23.9. The molecule has 0 bridgehead atoms. The molecule has 0 heterocycles. The van der Waals surface area contributed by atoms with Gasteiger partial charge in [0.2, 0.25) is 0 Å². The lowest BCUT2D eigenvalue weighted by molar-refractivity contribution is 0.225. The van der Waals surface area contributed by atoms with Crippen molar-refractivity contribution in [2.45, 2.75) is 37.8 Å². The van der Waals surface area contributed by atoms with Crippen LogP contribution in [0, 0.1) is 0 Å². The minimum absolute atomic E-state index is 0.220. The third-order valence-corrected chi connectivity index (χ3v) is 5.51. The van der Waals surface area contributed by atoms with Crippen molar-refractivity contribution in [1.82, 2.24) is 10.6 Å². The van der Waals surface area contributed by atoms with Crippen LogP contribution in [0.15, 0.2) is 36.4 Å². The third-order valence-electron chi connectivity index (χ3n) is 4.64. The van der Waals surface area contributed by atoms with Crippen LogP contribution in [0.4, 0.5) is 21.0 Å². The van der Waals surface area contributed by atoms with Crippen LogP contribution in [0.5, 0.6) is 0 Å². The van der Waals surface area contributed by atoms with Crippen molar-refractivity contribution in [3.8, 4) is 0 Å². The Hall–Kier alpha value is -1.86. The van der Waals surface area contributed by atoms with Gasteiger partial charge in [0.15, 0.2) is 0 Å². The van der Waals surface area contributed by atoms with Gasteiger partial charge in [-0.25, -0.2) is 9.59 Å². The number of hydrogen-bond acceptors (Lipinski definition) is 2. The molecule has 2 unspecified atom stereocenters. The van der Waals surface area contributed by atoms with Crippen LogP contribution in [0.3, 0.4) is 0 Å². The molecule has 2 aromatic carbocycles. The zero-order valence-corrected chi connectivity index (χ0v) is 18.8. The van der Waals surface area contributed by atoms with Gasteiger partial charge in [-0.15, -0.1) is 0 Å². The number of hydrogen-bond donors (Lipinski definition) is 4. The molecule has 160 valence electrons. The van der Waals surface area contributed by atoms with Gasteiger partial charge in [0.1, 0.15) is 0 Å². The zero-order chi connectivity index (χ0) is 21.7. The van der Waals surface area contributed by atoms with E-state index >= 15 is 0 Å². The smallest absolute Gasteiger partial charge is 0.319 e. The number of nitrogens with one attached hydrogen (secondary N) is 4. The molecule has 0 spiro atoms. The Labute approximate surface area is 194 Å². The fraction of sp³-hybridized carbons (Fsp3) is 0.300. The molecule has 4 N–H and O–H groups in total. The lowest BCUT2D eigenvalue weighted by atomic mass is 9.90. The maximum atomic E-state index is 12.4. The molecule has 0 saturated heterocycles. The number of carbonyl (C=O) groups excluding carboxylic acids is 2. The number of benzene rings is 2. The van der Waals surface area contributed by atoms with Gasteiger partial charge in [-0.2, -0.15) is 0 Å². The summed E-state index contributed by atoms with van der Waals surface area (Å²) in [4.78, 5) is 24.9. The third kappa shape index (κ3) is 6.84. The molecule has 3 rings (SSSR count). The minimum Gasteiger partial charge on any atom is -0.333 e. The normalized spacial score (nSPS) is 18.4. The molecule has 0 radical (unpaired) electrons. The van der Waals surface area contributed by atoms with Crippen molar-refractivity contribution in [2.24, 2.45) is 0 Å². The molecule has 0 aliphatic heterocycles. The van der Waals surface area contributed by atoms with Crippen LogP contribution >= 0.6 is 46.4 Å². The molecule has 6 nitrogen and oxygen atoms in total. The van der Waals surface area contributed by atoms with E-state index in [2.05, 4.69) is 21.3 Å². The van der Waals surface area contributed by atoms with E-state index in [0.717, 1.165) is 25.7 Å². The number of anilines is 2. The SMILES string of the molecule is O=C(Nc1cc(Cl)cc(Cl)c1)NC1CCCCC1NC(=O)Nc1cc(Cl)cc(Cl)c1. The van der Waals surface area contributed by atoms with E-state index in [0.29, 0.717) is 31.5 Å². The number of carbonyl (C=O) groups is 2. The fourth-order valence-corrected chi connectivity index (χ4v) is 4.45. The van der Waals surface area contributed by atoms with Crippen molar-refractivity contribution < 1.29 is 9.59 Å². The van der Waals surface area contributed by atoms with Crippen LogP contribution in [0.25, 0.3) is 0 Å².